The van der Waals surface area contributed by atoms with E-state index in [2.05, 4.69) is 5.32 Å². The molecule has 0 atom stereocenters. The van der Waals surface area contributed by atoms with Crippen molar-refractivity contribution in [2.24, 2.45) is 5.73 Å². The molecule has 11 heavy (non-hydrogen) atoms. The van der Waals surface area contributed by atoms with E-state index in [1.807, 2.05) is 0 Å². The van der Waals surface area contributed by atoms with E-state index in [9.17, 15) is 9.90 Å². The van der Waals surface area contributed by atoms with Gasteiger partial charge in [0.15, 0.2) is 0 Å². The van der Waals surface area contributed by atoms with Crippen molar-refractivity contribution >= 4 is 6.09 Å². The summed E-state index contributed by atoms with van der Waals surface area (Å²) in [5.74, 6) is 0. The van der Waals surface area contributed by atoms with Crippen molar-refractivity contribution in [1.82, 2.24) is 5.32 Å². The predicted octanol–water partition coefficient (Wildman–Crippen LogP) is -0.562. The molecule has 66 valence electrons. The molecule has 4 heteroatoms. The second-order valence-corrected chi connectivity index (χ2v) is 2.42. The standard InChI is InChI=1S/C7H16N2O2/c8-5-3-1-2-4-6-9-7(10)11/h9H,1-6,8H2,(H,10,11)/p-1. The molecule has 0 heterocycles. The third-order valence-corrected chi connectivity index (χ3v) is 1.40. The first-order valence-corrected chi connectivity index (χ1v) is 3.92. The molecule has 0 aliphatic heterocycles. The highest BCUT2D eigenvalue weighted by atomic mass is 16.4. The number of hydrogen-bond acceptors (Lipinski definition) is 3. The molecule has 0 rings (SSSR count). The summed E-state index contributed by atoms with van der Waals surface area (Å²) in [4.78, 5) is 9.85. The number of carbonyl (C=O) groups is 1. The van der Waals surface area contributed by atoms with Crippen LogP contribution in [0.1, 0.15) is 25.7 Å². The Labute approximate surface area is 66.8 Å². The molecular weight excluding hydrogens is 144 g/mol. The SMILES string of the molecule is NCCCCCCNC(=O)[O-]. The molecule has 0 aromatic heterocycles. The van der Waals surface area contributed by atoms with Gasteiger partial charge in [0, 0.05) is 6.54 Å². The normalized spacial score (nSPS) is 9.55. The van der Waals surface area contributed by atoms with Crippen molar-refractivity contribution in [3.63, 3.8) is 0 Å². The lowest BCUT2D eigenvalue weighted by Gasteiger charge is -2.04. The average Bonchev–Trinajstić information content (AvgIpc) is 1.96. The van der Waals surface area contributed by atoms with Crippen LogP contribution in [0, 0.1) is 0 Å². The first kappa shape index (κ1) is 10.2. The van der Waals surface area contributed by atoms with Gasteiger partial charge < -0.3 is 21.0 Å². The van der Waals surface area contributed by atoms with Crippen molar-refractivity contribution in [3.05, 3.63) is 0 Å². The first-order valence-electron chi connectivity index (χ1n) is 3.92. The first-order chi connectivity index (χ1) is 5.27. The Hall–Kier alpha value is -0.770. The zero-order valence-electron chi connectivity index (χ0n) is 6.64. The van der Waals surface area contributed by atoms with Crippen LogP contribution in [0.3, 0.4) is 0 Å². The Morgan fingerprint density at radius 1 is 1.27 bits per heavy atom. The lowest BCUT2D eigenvalue weighted by Crippen LogP contribution is -2.36. The zero-order chi connectivity index (χ0) is 8.53. The summed E-state index contributed by atoms with van der Waals surface area (Å²) < 4.78 is 0. The summed E-state index contributed by atoms with van der Waals surface area (Å²) in [5.41, 5.74) is 5.27. The van der Waals surface area contributed by atoms with Gasteiger partial charge in [-0.2, -0.15) is 0 Å². The number of nitrogens with one attached hydrogen (secondary N) is 1. The van der Waals surface area contributed by atoms with E-state index >= 15 is 0 Å². The predicted molar refractivity (Wildman–Crippen MR) is 40.9 cm³/mol. The summed E-state index contributed by atoms with van der Waals surface area (Å²) in [5, 5.41) is 12.0. The van der Waals surface area contributed by atoms with E-state index in [1.165, 1.54) is 0 Å². The second-order valence-electron chi connectivity index (χ2n) is 2.42. The third-order valence-electron chi connectivity index (χ3n) is 1.40. The smallest absolute Gasteiger partial charge is 0.134 e. The highest BCUT2D eigenvalue weighted by molar-refractivity contribution is 5.61. The van der Waals surface area contributed by atoms with Crippen LogP contribution in [0.5, 0.6) is 0 Å². The van der Waals surface area contributed by atoms with Gasteiger partial charge >= 0.3 is 0 Å². The molecule has 0 aromatic rings. The van der Waals surface area contributed by atoms with Crippen LogP contribution < -0.4 is 16.2 Å². The molecule has 0 aliphatic rings. The quantitative estimate of drug-likeness (QED) is 0.510. The van der Waals surface area contributed by atoms with Crippen molar-refractivity contribution in [2.45, 2.75) is 25.7 Å². The minimum atomic E-state index is -1.19. The molecule has 0 bridgehead atoms. The monoisotopic (exact) mass is 159 g/mol. The lowest BCUT2D eigenvalue weighted by atomic mass is 10.2. The molecule has 0 saturated carbocycles. The van der Waals surface area contributed by atoms with Gasteiger partial charge in [0.2, 0.25) is 0 Å². The van der Waals surface area contributed by atoms with Crippen LogP contribution in [0.4, 0.5) is 4.79 Å². The van der Waals surface area contributed by atoms with Crippen LogP contribution >= 0.6 is 0 Å². The maximum Gasteiger partial charge on any atom is 0.134 e. The molecular formula is C7H15N2O2-. The van der Waals surface area contributed by atoms with Gasteiger partial charge in [-0.25, -0.2) is 0 Å². The van der Waals surface area contributed by atoms with Crippen molar-refractivity contribution in [2.75, 3.05) is 13.1 Å². The molecule has 0 unspecified atom stereocenters. The number of rotatable bonds is 6. The van der Waals surface area contributed by atoms with Gasteiger partial charge in [-0.1, -0.05) is 12.8 Å². The van der Waals surface area contributed by atoms with Gasteiger partial charge in [-0.15, -0.1) is 0 Å². The molecule has 0 aromatic carbocycles. The number of nitrogens with two attached hydrogens (primary N) is 1. The molecule has 0 fully saturated rings. The molecule has 4 nitrogen and oxygen atoms in total. The molecule has 1 amide bonds. The van der Waals surface area contributed by atoms with Crippen molar-refractivity contribution in [3.8, 4) is 0 Å². The zero-order valence-corrected chi connectivity index (χ0v) is 6.64. The van der Waals surface area contributed by atoms with Gasteiger partial charge in [-0.05, 0) is 19.4 Å². The summed E-state index contributed by atoms with van der Waals surface area (Å²) in [7, 11) is 0. The maximum atomic E-state index is 9.85. The van der Waals surface area contributed by atoms with E-state index in [0.717, 1.165) is 25.7 Å². The minimum Gasteiger partial charge on any atom is -0.530 e. The van der Waals surface area contributed by atoms with E-state index < -0.39 is 6.09 Å². The lowest BCUT2D eigenvalue weighted by molar-refractivity contribution is -0.250. The van der Waals surface area contributed by atoms with E-state index in [-0.39, 0.29) is 0 Å². The van der Waals surface area contributed by atoms with Gasteiger partial charge in [0.25, 0.3) is 0 Å². The van der Waals surface area contributed by atoms with Crippen LogP contribution in [-0.2, 0) is 0 Å². The Morgan fingerprint density at radius 2 is 1.91 bits per heavy atom. The average molecular weight is 159 g/mol. The van der Waals surface area contributed by atoms with Gasteiger partial charge in [0.1, 0.15) is 6.09 Å². The van der Waals surface area contributed by atoms with Crippen LogP contribution in [-0.4, -0.2) is 19.2 Å². The number of hydrogen-bond donors (Lipinski definition) is 2. The Bertz CT molecular complexity index is 107. The number of carboxylic acid groups (broad SMARTS) is 1. The van der Waals surface area contributed by atoms with Gasteiger partial charge in [0.05, 0.1) is 0 Å². The highest BCUT2D eigenvalue weighted by Crippen LogP contribution is 1.96. The Balaban J connectivity index is 2.85. The molecule has 3 N–H and O–H groups in total. The summed E-state index contributed by atoms with van der Waals surface area (Å²) in [6.45, 7) is 1.21. The fourth-order valence-corrected chi connectivity index (χ4v) is 0.813. The fraction of sp³-hybridized carbons (Fsp3) is 0.857. The summed E-state index contributed by atoms with van der Waals surface area (Å²) in [6.07, 6.45) is 2.80. The van der Waals surface area contributed by atoms with Crippen molar-refractivity contribution in [1.29, 1.82) is 0 Å². The maximum absolute atomic E-state index is 9.85. The van der Waals surface area contributed by atoms with E-state index in [1.54, 1.807) is 0 Å². The Kier molecular flexibility index (Phi) is 6.82. The molecule has 0 aliphatic carbocycles. The second kappa shape index (κ2) is 7.34. The molecule has 0 spiro atoms. The number of unbranched alkanes of at least 4 members (excludes halogenated alkanes) is 3. The summed E-state index contributed by atoms with van der Waals surface area (Å²) in [6, 6.07) is 0. The van der Waals surface area contributed by atoms with Crippen LogP contribution in [0.15, 0.2) is 0 Å². The minimum absolute atomic E-state index is 0.493. The highest BCUT2D eigenvalue weighted by Gasteiger charge is 1.87. The summed E-state index contributed by atoms with van der Waals surface area (Å²) >= 11 is 0. The number of carbonyl (C=O) groups excluding carboxylic acids is 1. The van der Waals surface area contributed by atoms with Crippen molar-refractivity contribution < 1.29 is 9.90 Å². The number of amides is 1. The van der Waals surface area contributed by atoms with Crippen LogP contribution in [0.25, 0.3) is 0 Å². The van der Waals surface area contributed by atoms with Crippen LogP contribution in [0.2, 0.25) is 0 Å². The van der Waals surface area contributed by atoms with E-state index in [4.69, 9.17) is 5.73 Å². The topological polar surface area (TPSA) is 78.2 Å². The van der Waals surface area contributed by atoms with Gasteiger partial charge in [-0.3, -0.25) is 0 Å². The fourth-order valence-electron chi connectivity index (χ4n) is 0.813. The molecule has 0 saturated heterocycles. The Morgan fingerprint density at radius 3 is 2.45 bits per heavy atom. The third kappa shape index (κ3) is 9.23. The molecule has 0 radical (unpaired) electrons. The van der Waals surface area contributed by atoms with E-state index in [0.29, 0.717) is 13.1 Å². The largest absolute Gasteiger partial charge is 0.530 e.